The summed E-state index contributed by atoms with van der Waals surface area (Å²) in [5.41, 5.74) is 3.46. The predicted octanol–water partition coefficient (Wildman–Crippen LogP) is 4.98. The number of oxime groups is 2. The number of benzene rings is 3. The van der Waals surface area contributed by atoms with Crippen molar-refractivity contribution in [2.45, 2.75) is 18.4 Å². The van der Waals surface area contributed by atoms with Crippen LogP contribution in [0.25, 0.3) is 0 Å². The predicted molar refractivity (Wildman–Crippen MR) is 113 cm³/mol. The van der Waals surface area contributed by atoms with Gasteiger partial charge in [0.05, 0.1) is 18.5 Å². The van der Waals surface area contributed by atoms with Crippen molar-refractivity contribution in [2.24, 2.45) is 10.3 Å². The molecular formula is C24H22N2O3. The summed E-state index contributed by atoms with van der Waals surface area (Å²) in [7, 11) is 1.64. The molecule has 0 bridgehead atoms. The third-order valence-electron chi connectivity index (χ3n) is 5.19. The Kier molecular flexibility index (Phi) is 5.29. The van der Waals surface area contributed by atoms with Crippen LogP contribution in [0.1, 0.15) is 29.5 Å². The lowest BCUT2D eigenvalue weighted by Gasteiger charge is -2.27. The van der Waals surface area contributed by atoms with Crippen molar-refractivity contribution in [2.75, 3.05) is 7.11 Å². The Bertz CT molecular complexity index is 1020. The summed E-state index contributed by atoms with van der Waals surface area (Å²) in [6, 6.07) is 27.3. The van der Waals surface area contributed by atoms with E-state index in [-0.39, 0.29) is 0 Å². The van der Waals surface area contributed by atoms with Crippen molar-refractivity contribution in [3.63, 3.8) is 0 Å². The lowest BCUT2D eigenvalue weighted by molar-refractivity contribution is -0.0177. The lowest BCUT2D eigenvalue weighted by Crippen LogP contribution is -2.30. The van der Waals surface area contributed by atoms with Gasteiger partial charge in [-0.1, -0.05) is 83.1 Å². The second-order valence-corrected chi connectivity index (χ2v) is 6.98. The van der Waals surface area contributed by atoms with Crippen LogP contribution < -0.4 is 4.74 Å². The van der Waals surface area contributed by atoms with Crippen molar-refractivity contribution in [1.82, 2.24) is 0 Å². The summed E-state index contributed by atoms with van der Waals surface area (Å²) in [6.07, 6.45) is 0.939. The van der Waals surface area contributed by atoms with Gasteiger partial charge in [-0.3, -0.25) is 0 Å². The maximum absolute atomic E-state index is 9.74. The highest BCUT2D eigenvalue weighted by Gasteiger charge is 2.43. The molecule has 4 rings (SSSR count). The van der Waals surface area contributed by atoms with Crippen LogP contribution in [0.2, 0.25) is 0 Å². The second-order valence-electron chi connectivity index (χ2n) is 6.98. The fraction of sp³-hybridized carbons (Fsp3) is 0.167. The first-order valence-corrected chi connectivity index (χ1v) is 9.45. The van der Waals surface area contributed by atoms with Crippen LogP contribution in [0.5, 0.6) is 5.75 Å². The molecule has 1 atom stereocenters. The summed E-state index contributed by atoms with van der Waals surface area (Å²) in [6.45, 7) is 0. The maximum atomic E-state index is 9.74. The quantitative estimate of drug-likeness (QED) is 0.369. The van der Waals surface area contributed by atoms with Crippen molar-refractivity contribution in [3.05, 3.63) is 102 Å². The number of ether oxygens (including phenoxy) is 1. The van der Waals surface area contributed by atoms with E-state index >= 15 is 0 Å². The molecule has 146 valence electrons. The van der Waals surface area contributed by atoms with Gasteiger partial charge in [0, 0.05) is 12.8 Å². The van der Waals surface area contributed by atoms with E-state index < -0.39 is 5.60 Å². The smallest absolute Gasteiger partial charge is 0.174 e. The zero-order valence-corrected chi connectivity index (χ0v) is 16.2. The number of rotatable bonds is 6. The fourth-order valence-electron chi connectivity index (χ4n) is 3.61. The first-order chi connectivity index (χ1) is 14.2. The molecule has 0 spiro atoms. The zero-order chi connectivity index (χ0) is 20.1. The first-order valence-electron chi connectivity index (χ1n) is 9.45. The second kappa shape index (κ2) is 8.19. The minimum Gasteiger partial charge on any atom is -0.497 e. The molecule has 0 radical (unpaired) electrons. The van der Waals surface area contributed by atoms with Gasteiger partial charge in [-0.25, -0.2) is 0 Å². The molecule has 1 aliphatic rings. The van der Waals surface area contributed by atoms with Gasteiger partial charge in [-0.2, -0.15) is 0 Å². The molecule has 29 heavy (non-hydrogen) atoms. The van der Waals surface area contributed by atoms with Crippen molar-refractivity contribution >= 4 is 11.4 Å². The van der Waals surface area contributed by atoms with Gasteiger partial charge in [0.2, 0.25) is 0 Å². The van der Waals surface area contributed by atoms with Gasteiger partial charge < -0.3 is 14.8 Å². The van der Waals surface area contributed by atoms with E-state index in [0.717, 1.165) is 28.2 Å². The normalized spacial score (nSPS) is 18.8. The molecule has 1 unspecified atom stereocenters. The van der Waals surface area contributed by atoms with E-state index in [2.05, 4.69) is 10.3 Å². The van der Waals surface area contributed by atoms with Crippen molar-refractivity contribution in [3.8, 4) is 5.75 Å². The molecule has 5 heteroatoms. The van der Waals surface area contributed by atoms with Crippen LogP contribution >= 0.6 is 0 Å². The molecule has 0 saturated carbocycles. The average molecular weight is 386 g/mol. The van der Waals surface area contributed by atoms with Crippen LogP contribution in [0.4, 0.5) is 0 Å². The minimum absolute atomic E-state index is 0.375. The molecular weight excluding hydrogens is 364 g/mol. The third-order valence-corrected chi connectivity index (χ3v) is 5.19. The Morgan fingerprint density at radius 2 is 1.66 bits per heavy atom. The van der Waals surface area contributed by atoms with Gasteiger partial charge in [0.15, 0.2) is 5.60 Å². The molecule has 3 aromatic rings. The number of hydrogen-bond acceptors (Lipinski definition) is 5. The Hall–Kier alpha value is -3.60. The summed E-state index contributed by atoms with van der Waals surface area (Å²) in [5, 5.41) is 17.7. The molecule has 0 saturated heterocycles. The Labute approximate surface area is 169 Å². The van der Waals surface area contributed by atoms with E-state index in [1.54, 1.807) is 7.11 Å². The van der Waals surface area contributed by atoms with E-state index in [9.17, 15) is 5.21 Å². The Morgan fingerprint density at radius 1 is 1.00 bits per heavy atom. The van der Waals surface area contributed by atoms with Crippen molar-refractivity contribution < 1.29 is 14.8 Å². The highest BCUT2D eigenvalue weighted by molar-refractivity contribution is 6.04. The number of hydrogen-bond donors (Lipinski definition) is 1. The van der Waals surface area contributed by atoms with Crippen LogP contribution in [0.15, 0.2) is 95.2 Å². The van der Waals surface area contributed by atoms with Crippen LogP contribution in [-0.4, -0.2) is 23.7 Å². The van der Waals surface area contributed by atoms with Gasteiger partial charge in [-0.15, -0.1) is 0 Å². The summed E-state index contributed by atoms with van der Waals surface area (Å²) >= 11 is 0. The summed E-state index contributed by atoms with van der Waals surface area (Å²) < 4.78 is 5.29. The van der Waals surface area contributed by atoms with E-state index in [1.165, 1.54) is 0 Å². The number of nitrogens with zero attached hydrogens (tertiary/aromatic N) is 2. The molecule has 1 heterocycles. The number of methoxy groups -OCH3 is 1. The van der Waals surface area contributed by atoms with Crippen LogP contribution in [0, 0.1) is 0 Å². The highest BCUT2D eigenvalue weighted by atomic mass is 16.7. The van der Waals surface area contributed by atoms with Gasteiger partial charge >= 0.3 is 0 Å². The van der Waals surface area contributed by atoms with Gasteiger partial charge in [-0.05, 0) is 28.8 Å². The first kappa shape index (κ1) is 18.7. The Morgan fingerprint density at radius 3 is 2.28 bits per heavy atom. The highest BCUT2D eigenvalue weighted by Crippen LogP contribution is 2.41. The largest absolute Gasteiger partial charge is 0.497 e. The minimum atomic E-state index is -0.769. The van der Waals surface area contributed by atoms with Crippen LogP contribution in [-0.2, 0) is 10.4 Å². The monoisotopic (exact) mass is 386 g/mol. The zero-order valence-electron chi connectivity index (χ0n) is 16.2. The molecule has 1 aliphatic heterocycles. The van der Waals surface area contributed by atoms with Crippen LogP contribution in [0.3, 0.4) is 0 Å². The molecule has 3 aromatic carbocycles. The SMILES string of the molecule is COc1ccc(C2(C/C(=N\O)c3ccccc3)CC(c3ccccc3)=NO2)cc1. The van der Waals surface area contributed by atoms with Gasteiger partial charge in [0.25, 0.3) is 0 Å². The molecule has 0 aliphatic carbocycles. The standard InChI is InChI=1S/C24H22N2O3/c1-28-21-14-12-20(13-15-21)24(16-22(25-27)18-8-4-2-5-9-18)17-23(26-29-24)19-10-6-3-7-11-19/h2-15,27H,16-17H2,1H3/b25-22+. The molecule has 0 aromatic heterocycles. The third kappa shape index (κ3) is 3.85. The van der Waals surface area contributed by atoms with E-state index in [4.69, 9.17) is 9.57 Å². The summed E-state index contributed by atoms with van der Waals surface area (Å²) in [4.78, 5) is 6.08. The van der Waals surface area contributed by atoms with E-state index in [0.29, 0.717) is 18.6 Å². The molecule has 0 amide bonds. The Balaban J connectivity index is 1.70. The topological polar surface area (TPSA) is 63.4 Å². The molecule has 0 fully saturated rings. The van der Waals surface area contributed by atoms with Gasteiger partial charge in [0.1, 0.15) is 5.75 Å². The lowest BCUT2D eigenvalue weighted by atomic mass is 9.82. The fourth-order valence-corrected chi connectivity index (χ4v) is 3.61. The summed E-state index contributed by atoms with van der Waals surface area (Å²) in [5.74, 6) is 0.769. The average Bonchev–Trinajstić information content (AvgIpc) is 3.24. The van der Waals surface area contributed by atoms with Crippen molar-refractivity contribution in [1.29, 1.82) is 0 Å². The molecule has 1 N–H and O–H groups in total. The van der Waals surface area contributed by atoms with E-state index in [1.807, 2.05) is 84.9 Å². The molecule has 5 nitrogen and oxygen atoms in total. The maximum Gasteiger partial charge on any atom is 0.174 e.